The molecular formula is C25H21NO4. The van der Waals surface area contributed by atoms with Gasteiger partial charge in [-0.3, -0.25) is 9.59 Å². The van der Waals surface area contributed by atoms with Crippen LogP contribution in [0, 0.1) is 5.92 Å². The molecule has 5 nitrogen and oxygen atoms in total. The molecule has 0 saturated heterocycles. The minimum Gasteiger partial charge on any atom is -0.480 e. The third-order valence-corrected chi connectivity index (χ3v) is 6.34. The first-order chi connectivity index (χ1) is 14.6. The van der Waals surface area contributed by atoms with Crippen molar-refractivity contribution in [1.82, 2.24) is 0 Å². The van der Waals surface area contributed by atoms with Crippen molar-refractivity contribution in [3.8, 4) is 11.3 Å². The van der Waals surface area contributed by atoms with E-state index in [1.165, 1.54) is 18.4 Å². The lowest BCUT2D eigenvalue weighted by Crippen LogP contribution is -2.12. The molecule has 3 aromatic rings. The van der Waals surface area contributed by atoms with Gasteiger partial charge in [-0.25, -0.2) is 0 Å². The summed E-state index contributed by atoms with van der Waals surface area (Å²) in [6.07, 6.45) is 6.55. The van der Waals surface area contributed by atoms with Crippen LogP contribution < -0.4 is 5.32 Å². The van der Waals surface area contributed by atoms with Crippen LogP contribution >= 0.6 is 0 Å². The number of carbonyl (C=O) groups excluding carboxylic acids is 1. The Morgan fingerprint density at radius 2 is 1.77 bits per heavy atom. The molecule has 5 heteroatoms. The summed E-state index contributed by atoms with van der Waals surface area (Å²) in [6, 6.07) is 11.7. The van der Waals surface area contributed by atoms with E-state index in [1.807, 2.05) is 30.3 Å². The van der Waals surface area contributed by atoms with E-state index in [1.54, 1.807) is 0 Å². The molecule has 2 N–H and O–H groups in total. The summed E-state index contributed by atoms with van der Waals surface area (Å²) in [5, 5.41) is 12.7. The second-order valence-electron chi connectivity index (χ2n) is 8.55. The zero-order valence-corrected chi connectivity index (χ0v) is 16.4. The molecule has 2 saturated carbocycles. The molecule has 0 amide bonds. The molecule has 0 atom stereocenters. The van der Waals surface area contributed by atoms with Crippen molar-refractivity contribution in [2.24, 2.45) is 5.92 Å². The third kappa shape index (κ3) is 2.76. The Morgan fingerprint density at radius 1 is 1.03 bits per heavy atom. The number of hydrogen-bond acceptors (Lipinski definition) is 4. The van der Waals surface area contributed by atoms with Crippen LogP contribution in [0.1, 0.15) is 53.1 Å². The number of hydrogen-bond donors (Lipinski definition) is 2. The number of carboxylic acid groups (broad SMARTS) is 1. The van der Waals surface area contributed by atoms with E-state index in [0.29, 0.717) is 11.8 Å². The van der Waals surface area contributed by atoms with E-state index in [-0.39, 0.29) is 12.3 Å². The van der Waals surface area contributed by atoms with Gasteiger partial charge in [0.1, 0.15) is 17.9 Å². The van der Waals surface area contributed by atoms with Gasteiger partial charge in [0.2, 0.25) is 0 Å². The van der Waals surface area contributed by atoms with Gasteiger partial charge in [-0.15, -0.1) is 0 Å². The van der Waals surface area contributed by atoms with Crippen LogP contribution in [0.2, 0.25) is 0 Å². The highest BCUT2D eigenvalue weighted by molar-refractivity contribution is 6.24. The first-order valence-electron chi connectivity index (χ1n) is 10.5. The van der Waals surface area contributed by atoms with Crippen LogP contribution in [0.3, 0.4) is 0 Å². The summed E-state index contributed by atoms with van der Waals surface area (Å²) in [4.78, 5) is 23.9. The molecule has 1 heterocycles. The summed E-state index contributed by atoms with van der Waals surface area (Å²) < 4.78 is 6.45. The minimum absolute atomic E-state index is 0.126. The van der Waals surface area contributed by atoms with Crippen molar-refractivity contribution in [3.63, 3.8) is 0 Å². The van der Waals surface area contributed by atoms with E-state index in [4.69, 9.17) is 9.52 Å². The van der Waals surface area contributed by atoms with E-state index in [2.05, 4.69) is 17.5 Å². The van der Waals surface area contributed by atoms with E-state index >= 15 is 0 Å². The summed E-state index contributed by atoms with van der Waals surface area (Å²) in [6.45, 7) is -0.126. The number of Topliss-reactive ketones (excluding diaryl/α,β-unsaturated/α-hetero) is 1. The normalized spacial score (nSPS) is 17.9. The lowest BCUT2D eigenvalue weighted by Gasteiger charge is -2.14. The number of allylic oxidation sites excluding steroid dienone is 1. The molecule has 0 spiro atoms. The molecule has 0 radical (unpaired) electrons. The molecule has 150 valence electrons. The fourth-order valence-corrected chi connectivity index (χ4v) is 4.50. The summed E-state index contributed by atoms with van der Waals surface area (Å²) in [5.74, 6) is 0.933. The molecule has 1 aromatic heterocycles. The number of benzene rings is 2. The van der Waals surface area contributed by atoms with E-state index < -0.39 is 5.97 Å². The van der Waals surface area contributed by atoms with Gasteiger partial charge in [0.25, 0.3) is 0 Å². The van der Waals surface area contributed by atoms with Gasteiger partial charge in [-0.2, -0.15) is 0 Å². The van der Waals surface area contributed by atoms with Gasteiger partial charge in [0.05, 0.1) is 0 Å². The maximum atomic E-state index is 13.1. The summed E-state index contributed by atoms with van der Waals surface area (Å²) in [5.41, 5.74) is 6.42. The first kappa shape index (κ1) is 17.5. The van der Waals surface area contributed by atoms with Crippen LogP contribution in [-0.4, -0.2) is 23.4 Å². The average molecular weight is 399 g/mol. The quantitative estimate of drug-likeness (QED) is 0.575. The number of carboxylic acids is 1. The lowest BCUT2D eigenvalue weighted by atomic mass is 9.86. The molecule has 3 aliphatic rings. The summed E-state index contributed by atoms with van der Waals surface area (Å²) >= 11 is 0. The van der Waals surface area contributed by atoms with Crippen LogP contribution in [0.5, 0.6) is 0 Å². The second kappa shape index (κ2) is 6.33. The Hall–Kier alpha value is -3.34. The SMILES string of the molecule is O=C(O)CNc1ccc(-c2oc3c(C4CC4)ccc4c3c2C=C(C2CC2)C4=O)cc1. The molecule has 2 fully saturated rings. The Kier molecular flexibility index (Phi) is 3.69. The largest absolute Gasteiger partial charge is 0.480 e. The lowest BCUT2D eigenvalue weighted by molar-refractivity contribution is -0.134. The highest BCUT2D eigenvalue weighted by Crippen LogP contribution is 2.50. The molecule has 6 rings (SSSR count). The van der Waals surface area contributed by atoms with Crippen molar-refractivity contribution in [1.29, 1.82) is 0 Å². The van der Waals surface area contributed by atoms with Gasteiger partial charge < -0.3 is 14.8 Å². The predicted octanol–water partition coefficient (Wildman–Crippen LogP) is 5.46. The number of aliphatic carboxylic acids is 1. The highest BCUT2D eigenvalue weighted by atomic mass is 16.4. The smallest absolute Gasteiger partial charge is 0.322 e. The minimum atomic E-state index is -0.900. The monoisotopic (exact) mass is 399 g/mol. The molecule has 0 unspecified atom stereocenters. The van der Waals surface area contributed by atoms with E-state index in [0.717, 1.165) is 57.5 Å². The van der Waals surface area contributed by atoms with Crippen LogP contribution in [0.25, 0.3) is 28.4 Å². The van der Waals surface area contributed by atoms with Gasteiger partial charge in [0, 0.05) is 33.3 Å². The van der Waals surface area contributed by atoms with Crippen molar-refractivity contribution in [2.75, 3.05) is 11.9 Å². The first-order valence-corrected chi connectivity index (χ1v) is 10.5. The third-order valence-electron chi connectivity index (χ3n) is 6.34. The van der Waals surface area contributed by atoms with E-state index in [9.17, 15) is 9.59 Å². The van der Waals surface area contributed by atoms with Crippen molar-refractivity contribution in [3.05, 3.63) is 58.7 Å². The van der Waals surface area contributed by atoms with Gasteiger partial charge in [-0.1, -0.05) is 6.07 Å². The van der Waals surface area contributed by atoms with Gasteiger partial charge in [-0.05, 0) is 79.5 Å². The zero-order valence-electron chi connectivity index (χ0n) is 16.4. The number of anilines is 1. The molecule has 2 aromatic carbocycles. The molecule has 0 bridgehead atoms. The predicted molar refractivity (Wildman–Crippen MR) is 115 cm³/mol. The standard InChI is InChI=1S/C25H21NO4/c27-21(28)12-26-16-7-5-15(6-8-16)24-20-11-19(14-3-4-14)23(29)18-10-9-17(13-1-2-13)25(30-24)22(18)20/h5-11,13-14,26H,1-4,12H2,(H,27,28). The Balaban J connectivity index is 1.50. The Bertz CT molecular complexity index is 1240. The van der Waals surface area contributed by atoms with Gasteiger partial charge in [0.15, 0.2) is 5.78 Å². The fourth-order valence-electron chi connectivity index (χ4n) is 4.50. The highest BCUT2D eigenvalue weighted by Gasteiger charge is 2.37. The maximum Gasteiger partial charge on any atom is 0.322 e. The molecular weight excluding hydrogens is 378 g/mol. The molecule has 0 aliphatic heterocycles. The molecule has 3 aliphatic carbocycles. The van der Waals surface area contributed by atoms with Crippen molar-refractivity contribution >= 4 is 34.5 Å². The Labute approximate surface area is 173 Å². The van der Waals surface area contributed by atoms with Gasteiger partial charge >= 0.3 is 5.97 Å². The topological polar surface area (TPSA) is 79.5 Å². The molecule has 30 heavy (non-hydrogen) atoms. The van der Waals surface area contributed by atoms with Crippen LogP contribution in [0.4, 0.5) is 5.69 Å². The number of ketones is 1. The fraction of sp³-hybridized carbons (Fsp3) is 0.280. The Morgan fingerprint density at radius 3 is 2.43 bits per heavy atom. The summed E-state index contributed by atoms with van der Waals surface area (Å²) in [7, 11) is 0. The number of carbonyl (C=O) groups is 2. The number of furan rings is 1. The van der Waals surface area contributed by atoms with Crippen molar-refractivity contribution in [2.45, 2.75) is 31.6 Å². The van der Waals surface area contributed by atoms with Crippen LogP contribution in [0.15, 0.2) is 46.4 Å². The van der Waals surface area contributed by atoms with Crippen molar-refractivity contribution < 1.29 is 19.1 Å². The zero-order chi connectivity index (χ0) is 20.4. The van der Waals surface area contributed by atoms with Crippen LogP contribution in [-0.2, 0) is 4.79 Å². The number of nitrogens with one attached hydrogen (secondary N) is 1. The average Bonchev–Trinajstić information content (AvgIpc) is 3.66. The second-order valence-corrected chi connectivity index (χ2v) is 8.55. The maximum absolute atomic E-state index is 13.1. The number of rotatable bonds is 6.